The van der Waals surface area contributed by atoms with Crippen molar-refractivity contribution in [1.82, 2.24) is 4.90 Å². The molecular weight excluding hydrogens is 354 g/mol. The third-order valence-corrected chi connectivity index (χ3v) is 7.56. The van der Waals surface area contributed by atoms with Crippen molar-refractivity contribution in [3.63, 3.8) is 0 Å². The number of aromatic hydroxyl groups is 1. The first kappa shape index (κ1) is 16.8. The minimum atomic E-state index is -0.940. The van der Waals surface area contributed by atoms with E-state index in [0.717, 1.165) is 43.0 Å². The van der Waals surface area contributed by atoms with Gasteiger partial charge in [0, 0.05) is 24.6 Å². The first-order chi connectivity index (χ1) is 12.0. The third-order valence-electron chi connectivity index (χ3n) is 7.56. The number of ether oxygens (including phenoxy) is 1. The van der Waals surface area contributed by atoms with Crippen LogP contribution in [0.3, 0.4) is 0 Å². The van der Waals surface area contributed by atoms with Crippen LogP contribution in [0, 0.1) is 5.92 Å². The van der Waals surface area contributed by atoms with Crippen molar-refractivity contribution in [1.29, 1.82) is 0 Å². The fourth-order valence-electron chi connectivity index (χ4n) is 6.26. The molecule has 2 aliphatic heterocycles. The zero-order valence-electron chi connectivity index (χ0n) is 14.6. The van der Waals surface area contributed by atoms with E-state index in [1.165, 1.54) is 12.8 Å². The molecule has 140 valence electrons. The van der Waals surface area contributed by atoms with Crippen molar-refractivity contribution in [3.05, 3.63) is 23.3 Å². The predicted molar refractivity (Wildman–Crippen MR) is 97.0 cm³/mol. The number of likely N-dealkylation sites (tertiary alicyclic amines) is 1. The van der Waals surface area contributed by atoms with Gasteiger partial charge in [0.2, 0.25) is 0 Å². The second-order valence-electron chi connectivity index (χ2n) is 8.72. The number of Topliss-reactive ketones (excluding diaryl/α,β-unsaturated/α-hetero) is 1. The fraction of sp³-hybridized carbons (Fsp3) is 0.650. The van der Waals surface area contributed by atoms with Gasteiger partial charge < -0.3 is 14.9 Å². The first-order valence-electron chi connectivity index (χ1n) is 9.56. The lowest BCUT2D eigenvalue weighted by Gasteiger charge is -2.62. The zero-order valence-corrected chi connectivity index (χ0v) is 15.4. The van der Waals surface area contributed by atoms with Crippen molar-refractivity contribution in [3.8, 4) is 11.5 Å². The van der Waals surface area contributed by atoms with Crippen LogP contribution in [-0.4, -0.2) is 51.7 Å². The maximum Gasteiger partial charge on any atom is 0.174 e. The van der Waals surface area contributed by atoms with Gasteiger partial charge in [0.05, 0.1) is 11.0 Å². The SMILES string of the molecule is Cl.O=C1CC[C@@]2(O)C3Cc4ccc(O)c5c4[C@@]2(CCN3CC2CC2)C1O5. The number of nitrogens with zero attached hydrogens (tertiary/aromatic N) is 1. The normalized spacial score (nSPS) is 39.8. The molecule has 3 aliphatic carbocycles. The van der Waals surface area contributed by atoms with Crippen LogP contribution in [0.4, 0.5) is 0 Å². The molecule has 26 heavy (non-hydrogen) atoms. The maximum absolute atomic E-state index is 12.7. The van der Waals surface area contributed by atoms with Crippen LogP contribution in [0.25, 0.3) is 0 Å². The molecule has 4 atom stereocenters. The Morgan fingerprint density at radius 3 is 2.85 bits per heavy atom. The molecule has 0 amide bonds. The quantitative estimate of drug-likeness (QED) is 0.824. The fourth-order valence-corrected chi connectivity index (χ4v) is 6.26. The number of phenols is 1. The molecule has 2 bridgehead atoms. The van der Waals surface area contributed by atoms with Crippen LogP contribution in [0.1, 0.15) is 43.2 Å². The topological polar surface area (TPSA) is 70.0 Å². The standard InChI is InChI=1S/C20H23NO4.ClH/c22-13-4-3-12-9-15-20(24)6-5-14(23)18-19(20,16(12)17(13)25-18)7-8-21(15)10-11-1-2-11;/h3-4,11,15,18,22,24H,1-2,5-10H2;1H/t15?,18?,19-,20+;/m0./s1. The summed E-state index contributed by atoms with van der Waals surface area (Å²) in [7, 11) is 0. The summed E-state index contributed by atoms with van der Waals surface area (Å²) in [5.74, 6) is 1.39. The summed E-state index contributed by atoms with van der Waals surface area (Å²) in [6, 6.07) is 3.69. The number of benzene rings is 1. The molecule has 2 heterocycles. The monoisotopic (exact) mass is 377 g/mol. The van der Waals surface area contributed by atoms with Crippen LogP contribution < -0.4 is 4.74 Å². The van der Waals surface area contributed by atoms with Crippen molar-refractivity contribution in [2.24, 2.45) is 5.92 Å². The van der Waals surface area contributed by atoms with E-state index in [9.17, 15) is 15.0 Å². The van der Waals surface area contributed by atoms with E-state index in [2.05, 4.69) is 4.90 Å². The molecule has 2 N–H and O–H groups in total. The van der Waals surface area contributed by atoms with Crippen LogP contribution in [0.2, 0.25) is 0 Å². The lowest BCUT2D eigenvalue weighted by molar-refractivity contribution is -0.188. The van der Waals surface area contributed by atoms with E-state index in [0.29, 0.717) is 18.6 Å². The molecule has 0 radical (unpaired) electrons. The molecule has 1 saturated heterocycles. The van der Waals surface area contributed by atoms with Gasteiger partial charge in [0.25, 0.3) is 0 Å². The number of aliphatic hydroxyl groups is 1. The average Bonchev–Trinajstić information content (AvgIpc) is 3.32. The molecular formula is C20H24ClNO4. The van der Waals surface area contributed by atoms with Crippen LogP contribution >= 0.6 is 12.4 Å². The molecule has 2 saturated carbocycles. The molecule has 1 aromatic rings. The lowest BCUT2D eigenvalue weighted by atomic mass is 9.49. The van der Waals surface area contributed by atoms with Gasteiger partial charge >= 0.3 is 0 Å². The highest BCUT2D eigenvalue weighted by Crippen LogP contribution is 2.64. The number of hydrogen-bond donors (Lipinski definition) is 2. The average molecular weight is 378 g/mol. The maximum atomic E-state index is 12.7. The Hall–Kier alpha value is -1.30. The summed E-state index contributed by atoms with van der Waals surface area (Å²) < 4.78 is 6.04. The van der Waals surface area contributed by atoms with Gasteiger partial charge in [-0.2, -0.15) is 0 Å². The van der Waals surface area contributed by atoms with E-state index in [1.807, 2.05) is 6.07 Å². The highest BCUT2D eigenvalue weighted by atomic mass is 35.5. The molecule has 3 fully saturated rings. The summed E-state index contributed by atoms with van der Waals surface area (Å²) >= 11 is 0. The molecule has 6 heteroatoms. The number of rotatable bonds is 2. The van der Waals surface area contributed by atoms with E-state index in [1.54, 1.807) is 6.07 Å². The highest BCUT2D eigenvalue weighted by molar-refractivity contribution is 5.90. The van der Waals surface area contributed by atoms with Gasteiger partial charge in [-0.1, -0.05) is 6.07 Å². The van der Waals surface area contributed by atoms with Crippen molar-refractivity contribution in [2.75, 3.05) is 13.1 Å². The molecule has 5 nitrogen and oxygen atoms in total. The Balaban J connectivity index is 0.00000150. The number of piperidine rings is 1. The second-order valence-corrected chi connectivity index (χ2v) is 8.72. The summed E-state index contributed by atoms with van der Waals surface area (Å²) in [6.45, 7) is 1.95. The minimum absolute atomic E-state index is 0. The minimum Gasteiger partial charge on any atom is -0.504 e. The first-order valence-corrected chi connectivity index (χ1v) is 9.56. The Labute approximate surface area is 158 Å². The van der Waals surface area contributed by atoms with Crippen LogP contribution in [0.15, 0.2) is 12.1 Å². The van der Waals surface area contributed by atoms with Gasteiger partial charge in [-0.15, -0.1) is 12.4 Å². The summed E-state index contributed by atoms with van der Waals surface area (Å²) in [4.78, 5) is 15.2. The molecule has 6 rings (SSSR count). The van der Waals surface area contributed by atoms with Crippen LogP contribution in [0.5, 0.6) is 11.5 Å². The zero-order chi connectivity index (χ0) is 17.0. The number of halogens is 1. The van der Waals surface area contributed by atoms with Gasteiger partial charge in [-0.05, 0) is 56.2 Å². The smallest absolute Gasteiger partial charge is 0.174 e. The number of phenolic OH excluding ortho intramolecular Hbond substituents is 1. The Morgan fingerprint density at radius 1 is 1.27 bits per heavy atom. The van der Waals surface area contributed by atoms with Crippen molar-refractivity contribution >= 4 is 18.2 Å². The third kappa shape index (κ3) is 1.77. The van der Waals surface area contributed by atoms with E-state index in [-0.39, 0.29) is 30.0 Å². The molecule has 5 aliphatic rings. The van der Waals surface area contributed by atoms with Crippen LogP contribution in [-0.2, 0) is 16.6 Å². The summed E-state index contributed by atoms with van der Waals surface area (Å²) in [6.07, 6.45) is 4.33. The molecule has 0 aromatic heterocycles. The lowest BCUT2D eigenvalue weighted by Crippen LogP contribution is -2.76. The van der Waals surface area contributed by atoms with E-state index >= 15 is 0 Å². The number of carbonyl (C=O) groups is 1. The van der Waals surface area contributed by atoms with Crippen molar-refractivity contribution < 1.29 is 19.7 Å². The summed E-state index contributed by atoms with van der Waals surface area (Å²) in [5, 5.41) is 22.3. The largest absolute Gasteiger partial charge is 0.504 e. The Kier molecular flexibility index (Phi) is 3.34. The molecule has 2 unspecified atom stereocenters. The summed E-state index contributed by atoms with van der Waals surface area (Å²) in [5.41, 5.74) is 0.454. The van der Waals surface area contributed by atoms with Gasteiger partial charge in [-0.3, -0.25) is 9.69 Å². The molecule has 1 aromatic carbocycles. The number of carbonyl (C=O) groups excluding carboxylic acids is 1. The van der Waals surface area contributed by atoms with E-state index < -0.39 is 17.1 Å². The number of hydrogen-bond acceptors (Lipinski definition) is 5. The van der Waals surface area contributed by atoms with Gasteiger partial charge in [0.15, 0.2) is 23.4 Å². The number of ketones is 1. The molecule has 1 spiro atoms. The van der Waals surface area contributed by atoms with Crippen molar-refractivity contribution in [2.45, 2.75) is 61.7 Å². The predicted octanol–water partition coefficient (Wildman–Crippen LogP) is 1.95. The van der Waals surface area contributed by atoms with E-state index in [4.69, 9.17) is 4.74 Å². The highest BCUT2D eigenvalue weighted by Gasteiger charge is 2.73. The Morgan fingerprint density at radius 2 is 2.08 bits per heavy atom. The Bertz CT molecular complexity index is 809. The van der Waals surface area contributed by atoms with Gasteiger partial charge in [0.1, 0.15) is 0 Å². The van der Waals surface area contributed by atoms with Gasteiger partial charge in [-0.25, -0.2) is 0 Å². The second kappa shape index (κ2) is 5.15.